The van der Waals surface area contributed by atoms with Crippen molar-refractivity contribution in [3.05, 3.63) is 84.8 Å². The fraction of sp³-hybridized carbons (Fsp3) is 0.100. The van der Waals surface area contributed by atoms with E-state index in [1.807, 2.05) is 49.4 Å². The molecule has 0 atom stereocenters. The third kappa shape index (κ3) is 3.95. The molecule has 126 valence electrons. The van der Waals surface area contributed by atoms with Crippen LogP contribution in [-0.4, -0.2) is 17.9 Å². The Bertz CT molecular complexity index is 1080. The summed E-state index contributed by atoms with van der Waals surface area (Å²) in [5.74, 6) is 0.640. The Morgan fingerprint density at radius 1 is 1.12 bits per heavy atom. The zero-order valence-corrected chi connectivity index (χ0v) is 14.7. The van der Waals surface area contributed by atoms with Crippen molar-refractivity contribution in [2.75, 3.05) is 7.11 Å². The van der Waals surface area contributed by atoms with Gasteiger partial charge < -0.3 is 9.72 Å². The number of thiazole rings is 1. The van der Waals surface area contributed by atoms with Gasteiger partial charge in [0.2, 0.25) is 0 Å². The molecule has 25 heavy (non-hydrogen) atoms. The highest BCUT2D eigenvalue weighted by molar-refractivity contribution is 7.07. The van der Waals surface area contributed by atoms with E-state index in [4.69, 9.17) is 4.74 Å². The number of carbonyl (C=O) groups is 1. The summed E-state index contributed by atoms with van der Waals surface area (Å²) in [5, 5.41) is 0. The maximum absolute atomic E-state index is 12.4. The first-order valence-electron chi connectivity index (χ1n) is 7.73. The quantitative estimate of drug-likeness (QED) is 0.734. The van der Waals surface area contributed by atoms with Crippen molar-refractivity contribution in [3.8, 4) is 5.75 Å². The summed E-state index contributed by atoms with van der Waals surface area (Å²) in [5.41, 5.74) is 2.24. The molecule has 4 nitrogen and oxygen atoms in total. The van der Waals surface area contributed by atoms with Crippen molar-refractivity contribution in [2.45, 2.75) is 6.92 Å². The molecular formula is C20H17NO3S. The number of methoxy groups -OCH3 is 1. The Kier molecular flexibility index (Phi) is 4.95. The maximum Gasteiger partial charge on any atom is 0.266 e. The Hall–Kier alpha value is -2.92. The van der Waals surface area contributed by atoms with Crippen LogP contribution in [0.25, 0.3) is 12.2 Å². The molecule has 3 aromatic rings. The van der Waals surface area contributed by atoms with Gasteiger partial charge in [0, 0.05) is 11.6 Å². The lowest BCUT2D eigenvalue weighted by Crippen LogP contribution is -2.20. The summed E-state index contributed by atoms with van der Waals surface area (Å²) in [6.07, 6.45) is 3.26. The number of ketones is 1. The van der Waals surface area contributed by atoms with Crippen LogP contribution < -0.4 is 19.5 Å². The van der Waals surface area contributed by atoms with Crippen LogP contribution in [0.2, 0.25) is 0 Å². The van der Waals surface area contributed by atoms with Crippen molar-refractivity contribution in [2.24, 2.45) is 0 Å². The number of hydrogen-bond acceptors (Lipinski definition) is 4. The first-order valence-corrected chi connectivity index (χ1v) is 8.55. The largest absolute Gasteiger partial charge is 0.497 e. The molecule has 1 aromatic heterocycles. The number of carbonyl (C=O) groups excluding carboxylic acids is 1. The second-order valence-electron chi connectivity index (χ2n) is 5.53. The van der Waals surface area contributed by atoms with Crippen molar-refractivity contribution < 1.29 is 9.53 Å². The SMILES string of the molecule is COc1ccc(C=c2sc(=CC(=O)c3ccccc3C)[nH]c2=O)cc1. The van der Waals surface area contributed by atoms with E-state index in [1.165, 1.54) is 17.4 Å². The highest BCUT2D eigenvalue weighted by Crippen LogP contribution is 2.11. The first-order chi connectivity index (χ1) is 12.1. The lowest BCUT2D eigenvalue weighted by molar-refractivity contribution is 0.106. The third-order valence-corrected chi connectivity index (χ3v) is 4.73. The Morgan fingerprint density at radius 3 is 2.52 bits per heavy atom. The minimum absolute atomic E-state index is 0.119. The van der Waals surface area contributed by atoms with Crippen LogP contribution in [0.3, 0.4) is 0 Å². The second kappa shape index (κ2) is 7.32. The number of benzene rings is 2. The average Bonchev–Trinajstić information content (AvgIpc) is 2.95. The predicted octanol–water partition coefficient (Wildman–Crippen LogP) is 2.25. The average molecular weight is 351 g/mol. The van der Waals surface area contributed by atoms with Crippen LogP contribution in [0.5, 0.6) is 5.75 Å². The smallest absolute Gasteiger partial charge is 0.266 e. The number of rotatable bonds is 4. The number of nitrogens with one attached hydrogen (secondary N) is 1. The van der Waals surface area contributed by atoms with Crippen molar-refractivity contribution in [3.63, 3.8) is 0 Å². The summed E-state index contributed by atoms with van der Waals surface area (Å²) in [4.78, 5) is 27.2. The Balaban J connectivity index is 1.97. The number of aromatic nitrogens is 1. The number of hydrogen-bond donors (Lipinski definition) is 1. The van der Waals surface area contributed by atoms with Crippen LogP contribution in [0.4, 0.5) is 0 Å². The molecule has 0 saturated heterocycles. The first kappa shape index (κ1) is 16.9. The number of ether oxygens (including phenoxy) is 1. The molecule has 1 heterocycles. The van der Waals surface area contributed by atoms with E-state index >= 15 is 0 Å². The number of aryl methyl sites for hydroxylation is 1. The van der Waals surface area contributed by atoms with E-state index < -0.39 is 0 Å². The zero-order valence-electron chi connectivity index (χ0n) is 13.9. The van der Waals surface area contributed by atoms with Gasteiger partial charge in [-0.2, -0.15) is 0 Å². The summed E-state index contributed by atoms with van der Waals surface area (Å²) >= 11 is 1.26. The molecule has 0 aliphatic rings. The molecule has 0 saturated carbocycles. The molecule has 0 fully saturated rings. The summed E-state index contributed by atoms with van der Waals surface area (Å²) < 4.78 is 6.21. The lowest BCUT2D eigenvalue weighted by Gasteiger charge is -1.99. The minimum atomic E-state index is -0.204. The topological polar surface area (TPSA) is 59.2 Å². The molecule has 0 radical (unpaired) electrons. The molecule has 5 heteroatoms. The van der Waals surface area contributed by atoms with Gasteiger partial charge >= 0.3 is 0 Å². The van der Waals surface area contributed by atoms with Crippen molar-refractivity contribution in [1.29, 1.82) is 0 Å². The summed E-state index contributed by atoms with van der Waals surface area (Å²) in [6, 6.07) is 14.8. The summed E-state index contributed by atoms with van der Waals surface area (Å²) in [7, 11) is 1.61. The molecule has 0 amide bonds. The number of aromatic amines is 1. The second-order valence-corrected chi connectivity index (χ2v) is 6.61. The van der Waals surface area contributed by atoms with Gasteiger partial charge in [-0.1, -0.05) is 36.4 Å². The molecule has 0 aliphatic carbocycles. The number of H-pyrrole nitrogens is 1. The maximum atomic E-state index is 12.4. The minimum Gasteiger partial charge on any atom is -0.497 e. The van der Waals surface area contributed by atoms with Gasteiger partial charge in [0.05, 0.1) is 16.3 Å². The Morgan fingerprint density at radius 2 is 1.84 bits per heavy atom. The van der Waals surface area contributed by atoms with E-state index in [0.717, 1.165) is 16.9 Å². The normalized spacial score (nSPS) is 12.4. The third-order valence-electron chi connectivity index (χ3n) is 3.77. The molecule has 1 N–H and O–H groups in total. The van der Waals surface area contributed by atoms with Gasteiger partial charge in [0.25, 0.3) is 5.56 Å². The van der Waals surface area contributed by atoms with Crippen LogP contribution in [0, 0.1) is 6.92 Å². The van der Waals surface area contributed by atoms with Gasteiger partial charge in [0.1, 0.15) is 5.75 Å². The van der Waals surface area contributed by atoms with Gasteiger partial charge in [0.15, 0.2) is 5.78 Å². The van der Waals surface area contributed by atoms with E-state index in [9.17, 15) is 9.59 Å². The van der Waals surface area contributed by atoms with Crippen molar-refractivity contribution >= 4 is 29.3 Å². The van der Waals surface area contributed by atoms with Gasteiger partial charge in [-0.15, -0.1) is 11.3 Å². The fourth-order valence-electron chi connectivity index (χ4n) is 2.42. The number of Topliss-reactive ketones (excluding diaryl/α,β-unsaturated/α-hetero) is 1. The van der Waals surface area contributed by atoms with E-state index in [2.05, 4.69) is 4.98 Å². The lowest BCUT2D eigenvalue weighted by atomic mass is 10.1. The molecule has 0 bridgehead atoms. The highest BCUT2D eigenvalue weighted by Gasteiger charge is 2.05. The van der Waals surface area contributed by atoms with Gasteiger partial charge in [-0.3, -0.25) is 9.59 Å². The van der Waals surface area contributed by atoms with Gasteiger partial charge in [-0.25, -0.2) is 0 Å². The van der Waals surface area contributed by atoms with E-state index in [1.54, 1.807) is 19.3 Å². The monoisotopic (exact) mass is 351 g/mol. The van der Waals surface area contributed by atoms with Crippen LogP contribution in [-0.2, 0) is 0 Å². The van der Waals surface area contributed by atoms with Crippen LogP contribution >= 0.6 is 11.3 Å². The molecule has 3 rings (SSSR count). The predicted molar refractivity (Wildman–Crippen MR) is 101 cm³/mol. The van der Waals surface area contributed by atoms with Crippen molar-refractivity contribution in [1.82, 2.24) is 4.98 Å². The Labute approximate surface area is 148 Å². The molecule has 0 spiro atoms. The van der Waals surface area contributed by atoms with E-state index in [0.29, 0.717) is 14.8 Å². The van der Waals surface area contributed by atoms with Crippen LogP contribution in [0.15, 0.2) is 53.3 Å². The fourth-order valence-corrected chi connectivity index (χ4v) is 3.31. The standard InChI is InChI=1S/C20H17NO3S/c1-13-5-3-4-6-16(13)17(22)12-19-21-20(23)18(25-19)11-14-7-9-15(24-2)10-8-14/h3-12H,1-2H3,(H,21,23). The van der Waals surface area contributed by atoms with Crippen LogP contribution in [0.1, 0.15) is 21.5 Å². The van der Waals surface area contributed by atoms with Gasteiger partial charge in [-0.05, 0) is 36.3 Å². The molecular weight excluding hydrogens is 334 g/mol. The summed E-state index contributed by atoms with van der Waals surface area (Å²) in [6.45, 7) is 1.89. The highest BCUT2D eigenvalue weighted by atomic mass is 32.1. The molecule has 0 unspecified atom stereocenters. The molecule has 0 aliphatic heterocycles. The van der Waals surface area contributed by atoms with E-state index in [-0.39, 0.29) is 11.3 Å². The zero-order chi connectivity index (χ0) is 17.8. The molecule has 2 aromatic carbocycles.